The number of likely N-dealkylation sites (N-methyl/N-ethyl adjacent to an activating group) is 1. The maximum absolute atomic E-state index is 12.9. The van der Waals surface area contributed by atoms with Crippen LogP contribution in [0, 0.1) is 11.3 Å². The Morgan fingerprint density at radius 2 is 2.00 bits per heavy atom. The number of carbonyl (C=O) groups excluding carboxylic acids is 1. The highest BCUT2D eigenvalue weighted by molar-refractivity contribution is 6.07. The number of nitrogens with zero attached hydrogens (tertiary/aromatic N) is 5. The molecule has 0 saturated carbocycles. The lowest BCUT2D eigenvalue weighted by atomic mass is 10.2. The molecule has 128 valence electrons. The van der Waals surface area contributed by atoms with Gasteiger partial charge in [0.15, 0.2) is 0 Å². The lowest BCUT2D eigenvalue weighted by Crippen LogP contribution is -2.29. The molecule has 0 N–H and O–H groups in total. The van der Waals surface area contributed by atoms with E-state index in [1.807, 2.05) is 46.6 Å². The Morgan fingerprint density at radius 1 is 1.19 bits per heavy atom. The van der Waals surface area contributed by atoms with E-state index in [2.05, 4.69) is 11.2 Å². The van der Waals surface area contributed by atoms with Crippen LogP contribution in [0.25, 0.3) is 21.9 Å². The van der Waals surface area contributed by atoms with Crippen molar-refractivity contribution in [2.75, 3.05) is 11.9 Å². The van der Waals surface area contributed by atoms with Gasteiger partial charge in [-0.2, -0.15) is 10.4 Å². The zero-order chi connectivity index (χ0) is 18.3. The molecule has 0 radical (unpaired) electrons. The molecule has 0 aliphatic heterocycles. The molecule has 0 aliphatic rings. The van der Waals surface area contributed by atoms with Crippen molar-refractivity contribution >= 4 is 33.5 Å². The van der Waals surface area contributed by atoms with Gasteiger partial charge < -0.3 is 9.47 Å². The molecule has 26 heavy (non-hydrogen) atoms. The molecule has 2 heterocycles. The van der Waals surface area contributed by atoms with Gasteiger partial charge in [0.05, 0.1) is 34.4 Å². The van der Waals surface area contributed by atoms with Crippen LogP contribution in [0.15, 0.2) is 54.7 Å². The molecule has 6 heteroatoms. The number of aromatic nitrogens is 3. The molecule has 0 saturated heterocycles. The van der Waals surface area contributed by atoms with Crippen LogP contribution in [0.1, 0.15) is 5.56 Å². The standard InChI is InChI=1S/C20H17N5O/c1-23(15-7-5-6-14(10-15)11-21)19(26)13-25-17-9-4-3-8-16(17)20-18(25)12-22-24(20)2/h3-10,12H,13H2,1-2H3. The number of hydrogen-bond acceptors (Lipinski definition) is 3. The molecule has 1 amide bonds. The topological polar surface area (TPSA) is 66.8 Å². The van der Waals surface area contributed by atoms with Crippen LogP contribution in [0.5, 0.6) is 0 Å². The number of benzene rings is 2. The molecule has 0 bridgehead atoms. The van der Waals surface area contributed by atoms with Gasteiger partial charge in [-0.15, -0.1) is 0 Å². The van der Waals surface area contributed by atoms with Crippen LogP contribution in [-0.2, 0) is 18.4 Å². The summed E-state index contributed by atoms with van der Waals surface area (Å²) in [4.78, 5) is 14.5. The number of hydrogen-bond donors (Lipinski definition) is 0. The molecule has 4 rings (SSSR count). The second kappa shape index (κ2) is 6.05. The minimum atomic E-state index is -0.0633. The molecule has 0 spiro atoms. The van der Waals surface area contributed by atoms with Gasteiger partial charge >= 0.3 is 0 Å². The predicted molar refractivity (Wildman–Crippen MR) is 101 cm³/mol. The third-order valence-electron chi connectivity index (χ3n) is 4.69. The lowest BCUT2D eigenvalue weighted by molar-refractivity contribution is -0.118. The molecule has 2 aromatic carbocycles. The number of para-hydroxylation sites is 1. The Bertz CT molecular complexity index is 1180. The first-order valence-electron chi connectivity index (χ1n) is 8.26. The van der Waals surface area contributed by atoms with E-state index in [0.29, 0.717) is 11.3 Å². The van der Waals surface area contributed by atoms with Crippen molar-refractivity contribution in [2.45, 2.75) is 6.54 Å². The average Bonchev–Trinajstić information content (AvgIpc) is 3.20. The number of nitriles is 1. The number of amides is 1. The van der Waals surface area contributed by atoms with Crippen LogP contribution in [0.2, 0.25) is 0 Å². The summed E-state index contributed by atoms with van der Waals surface area (Å²) >= 11 is 0. The van der Waals surface area contributed by atoms with Crippen LogP contribution in [0.4, 0.5) is 5.69 Å². The van der Waals surface area contributed by atoms with Gasteiger partial charge in [0.25, 0.3) is 0 Å². The van der Waals surface area contributed by atoms with Gasteiger partial charge in [0, 0.05) is 25.2 Å². The highest BCUT2D eigenvalue weighted by Crippen LogP contribution is 2.28. The highest BCUT2D eigenvalue weighted by Gasteiger charge is 2.18. The molecule has 4 aromatic rings. The monoisotopic (exact) mass is 343 g/mol. The normalized spacial score (nSPS) is 11.0. The number of fused-ring (bicyclic) bond motifs is 3. The number of aryl methyl sites for hydroxylation is 1. The number of carbonyl (C=O) groups is 1. The summed E-state index contributed by atoms with van der Waals surface area (Å²) in [6.07, 6.45) is 1.79. The third kappa shape index (κ3) is 2.42. The SMILES string of the molecule is CN(C(=O)Cn1c2ccccc2c2c1cnn2C)c1cccc(C#N)c1. The molecule has 0 fully saturated rings. The second-order valence-electron chi connectivity index (χ2n) is 6.22. The number of rotatable bonds is 3. The van der Waals surface area contributed by atoms with Crippen molar-refractivity contribution in [2.24, 2.45) is 7.05 Å². The Morgan fingerprint density at radius 3 is 2.81 bits per heavy atom. The molecular formula is C20H17N5O. The molecule has 0 atom stereocenters. The summed E-state index contributed by atoms with van der Waals surface area (Å²) in [5.41, 5.74) is 4.18. The summed E-state index contributed by atoms with van der Waals surface area (Å²) in [5, 5.41) is 14.5. The zero-order valence-electron chi connectivity index (χ0n) is 14.5. The summed E-state index contributed by atoms with van der Waals surface area (Å²) in [5.74, 6) is -0.0633. The molecule has 0 unspecified atom stereocenters. The van der Waals surface area contributed by atoms with Crippen molar-refractivity contribution in [3.63, 3.8) is 0 Å². The predicted octanol–water partition coefficient (Wildman–Crippen LogP) is 3.06. The minimum absolute atomic E-state index is 0.0633. The minimum Gasteiger partial charge on any atom is -0.328 e. The van der Waals surface area contributed by atoms with Gasteiger partial charge in [-0.3, -0.25) is 9.48 Å². The van der Waals surface area contributed by atoms with E-state index >= 15 is 0 Å². The van der Waals surface area contributed by atoms with Crippen LogP contribution in [0.3, 0.4) is 0 Å². The summed E-state index contributed by atoms with van der Waals surface area (Å²) < 4.78 is 3.82. The fraction of sp³-hybridized carbons (Fsp3) is 0.150. The Labute approximate surface area is 150 Å². The molecular weight excluding hydrogens is 326 g/mol. The molecule has 2 aromatic heterocycles. The van der Waals surface area contributed by atoms with E-state index in [1.165, 1.54) is 0 Å². The fourth-order valence-corrected chi connectivity index (χ4v) is 3.31. The Kier molecular flexibility index (Phi) is 3.70. The molecule has 6 nitrogen and oxygen atoms in total. The average molecular weight is 343 g/mol. The summed E-state index contributed by atoms with van der Waals surface area (Å²) in [6.45, 7) is 0.197. The van der Waals surface area contributed by atoms with E-state index in [9.17, 15) is 4.79 Å². The van der Waals surface area contributed by atoms with E-state index < -0.39 is 0 Å². The van der Waals surface area contributed by atoms with E-state index in [0.717, 1.165) is 21.9 Å². The van der Waals surface area contributed by atoms with Crippen molar-refractivity contribution in [3.8, 4) is 6.07 Å². The Balaban J connectivity index is 1.74. The fourth-order valence-electron chi connectivity index (χ4n) is 3.31. The van der Waals surface area contributed by atoms with Crippen LogP contribution < -0.4 is 4.90 Å². The van der Waals surface area contributed by atoms with Crippen molar-refractivity contribution in [1.82, 2.24) is 14.3 Å². The van der Waals surface area contributed by atoms with Crippen molar-refractivity contribution in [3.05, 3.63) is 60.3 Å². The first kappa shape index (κ1) is 15.9. The number of anilines is 1. The largest absolute Gasteiger partial charge is 0.328 e. The Hall–Kier alpha value is -3.59. The summed E-state index contributed by atoms with van der Waals surface area (Å²) in [6, 6.07) is 17.2. The zero-order valence-corrected chi connectivity index (χ0v) is 14.5. The molecule has 0 aliphatic carbocycles. The van der Waals surface area contributed by atoms with Gasteiger partial charge in [-0.25, -0.2) is 0 Å². The second-order valence-corrected chi connectivity index (χ2v) is 6.22. The van der Waals surface area contributed by atoms with Crippen molar-refractivity contribution < 1.29 is 4.79 Å². The van der Waals surface area contributed by atoms with Crippen molar-refractivity contribution in [1.29, 1.82) is 5.26 Å². The van der Waals surface area contributed by atoms with Gasteiger partial charge in [0.2, 0.25) is 5.91 Å². The van der Waals surface area contributed by atoms with E-state index in [-0.39, 0.29) is 12.5 Å². The van der Waals surface area contributed by atoms with E-state index in [4.69, 9.17) is 5.26 Å². The maximum atomic E-state index is 12.9. The highest BCUT2D eigenvalue weighted by atomic mass is 16.2. The van der Waals surface area contributed by atoms with Gasteiger partial charge in [0.1, 0.15) is 6.54 Å². The van der Waals surface area contributed by atoms with Gasteiger partial charge in [-0.1, -0.05) is 24.3 Å². The maximum Gasteiger partial charge on any atom is 0.246 e. The van der Waals surface area contributed by atoms with Crippen LogP contribution >= 0.6 is 0 Å². The first-order chi connectivity index (χ1) is 12.6. The summed E-state index contributed by atoms with van der Waals surface area (Å²) in [7, 11) is 3.63. The first-order valence-corrected chi connectivity index (χ1v) is 8.26. The quantitative estimate of drug-likeness (QED) is 0.574. The lowest BCUT2D eigenvalue weighted by Gasteiger charge is -2.18. The van der Waals surface area contributed by atoms with E-state index in [1.54, 1.807) is 36.3 Å². The smallest absolute Gasteiger partial charge is 0.246 e. The van der Waals surface area contributed by atoms with Crippen LogP contribution in [-0.4, -0.2) is 27.3 Å². The van der Waals surface area contributed by atoms with Gasteiger partial charge in [-0.05, 0) is 24.3 Å². The third-order valence-corrected chi connectivity index (χ3v) is 4.69.